The van der Waals surface area contributed by atoms with Gasteiger partial charge in [0.15, 0.2) is 11.6 Å². The number of hydrogen-bond donors (Lipinski definition) is 3. The fourth-order valence-corrected chi connectivity index (χ4v) is 1.60. The molecule has 1 aromatic rings. The zero-order valence-electron chi connectivity index (χ0n) is 7.92. The summed E-state index contributed by atoms with van der Waals surface area (Å²) in [6, 6.07) is 0.0134. The summed E-state index contributed by atoms with van der Waals surface area (Å²) >= 11 is 2.89. The molecule has 3 nitrogen and oxygen atoms in total. The highest BCUT2D eigenvalue weighted by molar-refractivity contribution is 9.10. The smallest absolute Gasteiger partial charge is 0.289 e. The molecule has 0 saturated heterocycles. The highest BCUT2D eigenvalue weighted by Crippen LogP contribution is 2.36. The van der Waals surface area contributed by atoms with E-state index >= 15 is 0 Å². The first-order chi connectivity index (χ1) is 7.29. The molecule has 0 bridgehead atoms. The van der Waals surface area contributed by atoms with Crippen LogP contribution in [0.25, 0.3) is 0 Å². The van der Waals surface area contributed by atoms with Crippen LogP contribution in [0, 0.1) is 5.82 Å². The molecule has 0 aliphatic heterocycles. The van der Waals surface area contributed by atoms with Crippen molar-refractivity contribution in [3.05, 3.63) is 28.0 Å². The second-order valence-corrected chi connectivity index (χ2v) is 4.14. The number of phenolic OH excluding ortho intramolecular Hbond substituents is 1. The topological polar surface area (TPSA) is 66.5 Å². The molecule has 0 unspecified atom stereocenters. The van der Waals surface area contributed by atoms with Crippen molar-refractivity contribution in [2.45, 2.75) is 12.0 Å². The van der Waals surface area contributed by atoms with Crippen LogP contribution in [-0.2, 0) is 0 Å². The number of hydrogen-bond acceptors (Lipinski definition) is 3. The van der Waals surface area contributed by atoms with Crippen LogP contribution in [0.4, 0.5) is 13.2 Å². The van der Waals surface area contributed by atoms with Crippen LogP contribution in [0.5, 0.6) is 5.75 Å². The van der Waals surface area contributed by atoms with Crippen molar-refractivity contribution >= 4 is 15.9 Å². The van der Waals surface area contributed by atoms with Crippen LogP contribution in [0.3, 0.4) is 0 Å². The molecule has 1 rings (SSSR count). The molecule has 7 heteroatoms. The minimum atomic E-state index is -3.63. The Bertz CT molecular complexity index is 401. The number of nitrogens with two attached hydrogens (primary N) is 1. The Balaban J connectivity index is 3.23. The monoisotopic (exact) mass is 299 g/mol. The standard InChI is InChI=1S/C9H9BrF3NO2/c10-4-1-5(7(16)6(11)2-4)8(14)9(12,13)3-15/h1-2,8,15-16H,3,14H2/t8-/m1/s1. The van der Waals surface area contributed by atoms with Crippen molar-refractivity contribution < 1.29 is 23.4 Å². The fourth-order valence-electron chi connectivity index (χ4n) is 1.15. The Morgan fingerprint density at radius 2 is 2.00 bits per heavy atom. The number of aliphatic hydroxyl groups is 1. The summed E-state index contributed by atoms with van der Waals surface area (Å²) in [5, 5.41) is 17.7. The number of aliphatic hydroxyl groups excluding tert-OH is 1. The first-order valence-corrected chi connectivity index (χ1v) is 5.01. The lowest BCUT2D eigenvalue weighted by atomic mass is 10.0. The number of phenols is 1. The van der Waals surface area contributed by atoms with Gasteiger partial charge in [-0.15, -0.1) is 0 Å². The van der Waals surface area contributed by atoms with E-state index in [1.54, 1.807) is 0 Å². The molecular weight excluding hydrogens is 291 g/mol. The summed E-state index contributed by atoms with van der Waals surface area (Å²) in [7, 11) is 0. The van der Waals surface area contributed by atoms with E-state index in [0.29, 0.717) is 0 Å². The maximum absolute atomic E-state index is 13.1. The lowest BCUT2D eigenvalue weighted by Crippen LogP contribution is -2.36. The Kier molecular flexibility index (Phi) is 3.82. The summed E-state index contributed by atoms with van der Waals surface area (Å²) < 4.78 is 39.3. The van der Waals surface area contributed by atoms with Crippen molar-refractivity contribution in [3.8, 4) is 5.75 Å². The minimum Gasteiger partial charge on any atom is -0.505 e. The van der Waals surface area contributed by atoms with Crippen LogP contribution in [-0.4, -0.2) is 22.7 Å². The fraction of sp³-hybridized carbons (Fsp3) is 0.333. The van der Waals surface area contributed by atoms with Gasteiger partial charge in [-0.05, 0) is 12.1 Å². The largest absolute Gasteiger partial charge is 0.505 e. The van der Waals surface area contributed by atoms with Gasteiger partial charge in [0.1, 0.15) is 12.6 Å². The van der Waals surface area contributed by atoms with E-state index in [2.05, 4.69) is 15.9 Å². The third kappa shape index (κ3) is 2.47. The van der Waals surface area contributed by atoms with Crippen molar-refractivity contribution in [1.29, 1.82) is 0 Å². The van der Waals surface area contributed by atoms with Gasteiger partial charge in [-0.2, -0.15) is 0 Å². The van der Waals surface area contributed by atoms with Gasteiger partial charge in [-0.3, -0.25) is 0 Å². The molecule has 90 valence electrons. The highest BCUT2D eigenvalue weighted by Gasteiger charge is 2.39. The Morgan fingerprint density at radius 1 is 1.44 bits per heavy atom. The average Bonchev–Trinajstić information content (AvgIpc) is 2.22. The maximum atomic E-state index is 13.1. The van der Waals surface area contributed by atoms with Gasteiger partial charge in [0.2, 0.25) is 0 Å². The van der Waals surface area contributed by atoms with E-state index < -0.39 is 35.7 Å². The van der Waals surface area contributed by atoms with Crippen molar-refractivity contribution in [3.63, 3.8) is 0 Å². The molecule has 0 radical (unpaired) electrons. The minimum absolute atomic E-state index is 0.169. The van der Waals surface area contributed by atoms with E-state index in [1.165, 1.54) is 0 Å². The SMILES string of the molecule is N[C@H](c1cc(Br)cc(F)c1O)C(F)(F)CO. The van der Waals surface area contributed by atoms with Gasteiger partial charge in [0.05, 0.1) is 0 Å². The highest BCUT2D eigenvalue weighted by atomic mass is 79.9. The van der Waals surface area contributed by atoms with Crippen LogP contribution < -0.4 is 5.73 Å². The van der Waals surface area contributed by atoms with Crippen molar-refractivity contribution in [2.75, 3.05) is 6.61 Å². The lowest BCUT2D eigenvalue weighted by Gasteiger charge is -2.22. The summed E-state index contributed by atoms with van der Waals surface area (Å²) in [5.41, 5.74) is 4.70. The number of alkyl halides is 2. The zero-order valence-corrected chi connectivity index (χ0v) is 9.51. The molecule has 1 atom stereocenters. The zero-order chi connectivity index (χ0) is 12.5. The number of aromatic hydroxyl groups is 1. The number of halogens is 4. The molecular formula is C9H9BrF3NO2. The molecule has 0 saturated carbocycles. The molecule has 0 spiro atoms. The van der Waals surface area contributed by atoms with E-state index in [9.17, 15) is 18.3 Å². The molecule has 1 aromatic carbocycles. The van der Waals surface area contributed by atoms with Crippen LogP contribution in [0.1, 0.15) is 11.6 Å². The van der Waals surface area contributed by atoms with Crippen LogP contribution >= 0.6 is 15.9 Å². The molecule has 0 amide bonds. The molecule has 16 heavy (non-hydrogen) atoms. The Hall–Kier alpha value is -0.790. The first-order valence-electron chi connectivity index (χ1n) is 4.21. The Morgan fingerprint density at radius 3 is 2.50 bits per heavy atom. The summed E-state index contributed by atoms with van der Waals surface area (Å²) in [6.45, 7) is -1.48. The maximum Gasteiger partial charge on any atom is 0.289 e. The van der Waals surface area contributed by atoms with E-state index in [0.717, 1.165) is 12.1 Å². The lowest BCUT2D eigenvalue weighted by molar-refractivity contribution is -0.0716. The first kappa shape index (κ1) is 13.3. The van der Waals surface area contributed by atoms with Crippen molar-refractivity contribution in [1.82, 2.24) is 0 Å². The van der Waals surface area contributed by atoms with Gasteiger partial charge < -0.3 is 15.9 Å². The van der Waals surface area contributed by atoms with E-state index in [1.807, 2.05) is 0 Å². The van der Waals surface area contributed by atoms with Gasteiger partial charge in [0.25, 0.3) is 5.92 Å². The number of rotatable bonds is 3. The Labute approximate surface area is 97.8 Å². The molecule has 0 aliphatic carbocycles. The summed E-state index contributed by atoms with van der Waals surface area (Å²) in [4.78, 5) is 0. The van der Waals surface area contributed by atoms with Crippen LogP contribution in [0.2, 0.25) is 0 Å². The normalized spacial score (nSPS) is 13.9. The third-order valence-corrected chi connectivity index (χ3v) is 2.52. The molecule has 4 N–H and O–H groups in total. The number of benzene rings is 1. The third-order valence-electron chi connectivity index (χ3n) is 2.06. The second-order valence-electron chi connectivity index (χ2n) is 3.22. The van der Waals surface area contributed by atoms with E-state index in [4.69, 9.17) is 10.8 Å². The quantitative estimate of drug-likeness (QED) is 0.799. The van der Waals surface area contributed by atoms with E-state index in [-0.39, 0.29) is 4.47 Å². The predicted molar refractivity (Wildman–Crippen MR) is 54.7 cm³/mol. The predicted octanol–water partition coefficient (Wildman–Crippen LogP) is 1.92. The molecule has 0 fully saturated rings. The molecule has 0 aromatic heterocycles. The average molecular weight is 300 g/mol. The van der Waals surface area contributed by atoms with Gasteiger partial charge in [-0.25, -0.2) is 13.2 Å². The molecule has 0 aliphatic rings. The summed E-state index contributed by atoms with van der Waals surface area (Å²) in [6.07, 6.45) is 0. The summed E-state index contributed by atoms with van der Waals surface area (Å²) in [5.74, 6) is -5.64. The second kappa shape index (κ2) is 4.60. The van der Waals surface area contributed by atoms with Gasteiger partial charge in [0, 0.05) is 10.0 Å². The van der Waals surface area contributed by atoms with Crippen LogP contribution in [0.15, 0.2) is 16.6 Å². The van der Waals surface area contributed by atoms with Crippen molar-refractivity contribution in [2.24, 2.45) is 5.73 Å². The van der Waals surface area contributed by atoms with Gasteiger partial charge in [-0.1, -0.05) is 15.9 Å². The van der Waals surface area contributed by atoms with Gasteiger partial charge >= 0.3 is 0 Å². The molecule has 0 heterocycles.